The summed E-state index contributed by atoms with van der Waals surface area (Å²) in [5.74, 6) is 1.10. The van der Waals surface area contributed by atoms with E-state index in [9.17, 15) is 10.1 Å². The van der Waals surface area contributed by atoms with Crippen molar-refractivity contribution in [2.45, 2.75) is 6.92 Å². The van der Waals surface area contributed by atoms with E-state index in [4.69, 9.17) is 25.8 Å². The van der Waals surface area contributed by atoms with Gasteiger partial charge in [-0.25, -0.2) is 0 Å². The minimum atomic E-state index is -0.390. The molecule has 26 heavy (non-hydrogen) atoms. The molecule has 2 rings (SSSR count). The van der Waals surface area contributed by atoms with Gasteiger partial charge in [-0.2, -0.15) is 5.26 Å². The van der Waals surface area contributed by atoms with E-state index >= 15 is 0 Å². The van der Waals surface area contributed by atoms with Gasteiger partial charge in [-0.1, -0.05) is 11.6 Å². The number of Topliss-reactive ketones (excluding diaryl/α,β-unsaturated/α-hetero) is 1. The van der Waals surface area contributed by atoms with Crippen LogP contribution in [0.1, 0.15) is 22.8 Å². The predicted octanol–water partition coefficient (Wildman–Crippen LogP) is 4.55. The van der Waals surface area contributed by atoms with Gasteiger partial charge in [0.05, 0.1) is 25.8 Å². The molecule has 0 radical (unpaired) electrons. The molecule has 0 aromatic heterocycles. The van der Waals surface area contributed by atoms with Crippen LogP contribution in [0.4, 0.5) is 0 Å². The summed E-state index contributed by atoms with van der Waals surface area (Å²) >= 11 is 6.23. The molecule has 0 saturated heterocycles. The lowest BCUT2D eigenvalue weighted by molar-refractivity contribution is 0.104. The molecule has 0 atom stereocenters. The van der Waals surface area contributed by atoms with E-state index in [1.807, 2.05) is 13.0 Å². The molecule has 0 saturated carbocycles. The molecule has 0 aliphatic rings. The average Bonchev–Trinajstić information content (AvgIpc) is 2.67. The first-order valence-electron chi connectivity index (χ1n) is 7.84. The number of benzene rings is 2. The smallest absolute Gasteiger partial charge is 0.203 e. The summed E-state index contributed by atoms with van der Waals surface area (Å²) in [5, 5.41) is 9.74. The Morgan fingerprint density at radius 1 is 1.19 bits per heavy atom. The standard InChI is InChI=1S/C20H18ClNO4/c1-4-26-20-17(21)10-13(11-18(20)25-3)9-15(12-22)19(23)14-5-7-16(24-2)8-6-14/h5-11H,4H2,1-3H3. The van der Waals surface area contributed by atoms with Crippen molar-refractivity contribution in [3.8, 4) is 23.3 Å². The molecule has 0 fully saturated rings. The zero-order chi connectivity index (χ0) is 19.1. The van der Waals surface area contributed by atoms with Crippen molar-refractivity contribution < 1.29 is 19.0 Å². The van der Waals surface area contributed by atoms with Gasteiger partial charge < -0.3 is 14.2 Å². The van der Waals surface area contributed by atoms with Crippen molar-refractivity contribution in [1.82, 2.24) is 0 Å². The molecule has 0 bridgehead atoms. The Kier molecular flexibility index (Phi) is 6.65. The topological polar surface area (TPSA) is 68.5 Å². The molecule has 134 valence electrons. The molecule has 0 amide bonds. The number of carbonyl (C=O) groups excluding carboxylic acids is 1. The quantitative estimate of drug-likeness (QED) is 0.406. The van der Waals surface area contributed by atoms with E-state index in [2.05, 4.69) is 0 Å². The lowest BCUT2D eigenvalue weighted by atomic mass is 10.0. The molecule has 2 aromatic carbocycles. The Balaban J connectivity index is 2.40. The first-order valence-corrected chi connectivity index (χ1v) is 8.22. The number of methoxy groups -OCH3 is 2. The van der Waals surface area contributed by atoms with Gasteiger partial charge >= 0.3 is 0 Å². The van der Waals surface area contributed by atoms with Crippen molar-refractivity contribution in [2.24, 2.45) is 0 Å². The highest BCUT2D eigenvalue weighted by molar-refractivity contribution is 6.32. The highest BCUT2D eigenvalue weighted by Gasteiger charge is 2.15. The minimum absolute atomic E-state index is 0.0163. The molecule has 0 aliphatic heterocycles. The van der Waals surface area contributed by atoms with Crippen LogP contribution in [-0.2, 0) is 0 Å². The third-order valence-corrected chi connectivity index (χ3v) is 3.85. The van der Waals surface area contributed by atoms with Crippen LogP contribution in [0.15, 0.2) is 42.0 Å². The monoisotopic (exact) mass is 371 g/mol. The van der Waals surface area contributed by atoms with Gasteiger partial charge in [0.1, 0.15) is 17.4 Å². The molecular weight excluding hydrogens is 354 g/mol. The Morgan fingerprint density at radius 3 is 2.42 bits per heavy atom. The second kappa shape index (κ2) is 8.93. The van der Waals surface area contributed by atoms with E-state index < -0.39 is 0 Å². The zero-order valence-electron chi connectivity index (χ0n) is 14.7. The number of allylic oxidation sites excluding steroid dienone is 1. The van der Waals surface area contributed by atoms with E-state index in [0.717, 1.165) is 0 Å². The van der Waals surface area contributed by atoms with E-state index in [0.29, 0.717) is 40.0 Å². The van der Waals surface area contributed by atoms with Gasteiger partial charge in [-0.05, 0) is 55.0 Å². The summed E-state index contributed by atoms with van der Waals surface area (Å²) in [7, 11) is 3.04. The molecule has 0 N–H and O–H groups in total. The number of rotatable bonds is 7. The van der Waals surface area contributed by atoms with Crippen molar-refractivity contribution in [2.75, 3.05) is 20.8 Å². The molecule has 0 unspecified atom stereocenters. The van der Waals surface area contributed by atoms with Gasteiger partial charge in [0.15, 0.2) is 11.5 Å². The van der Waals surface area contributed by atoms with Gasteiger partial charge in [0.2, 0.25) is 5.78 Å². The van der Waals surface area contributed by atoms with Crippen LogP contribution >= 0.6 is 11.6 Å². The second-order valence-corrected chi connectivity index (χ2v) is 5.60. The maximum atomic E-state index is 12.6. The highest BCUT2D eigenvalue weighted by Crippen LogP contribution is 2.37. The van der Waals surface area contributed by atoms with Gasteiger partial charge in [0.25, 0.3) is 0 Å². The summed E-state index contributed by atoms with van der Waals surface area (Å²) < 4.78 is 15.8. The van der Waals surface area contributed by atoms with E-state index in [-0.39, 0.29) is 11.4 Å². The highest BCUT2D eigenvalue weighted by atomic mass is 35.5. The Morgan fingerprint density at radius 2 is 1.88 bits per heavy atom. The number of ether oxygens (including phenoxy) is 3. The number of ketones is 1. The summed E-state index contributed by atoms with van der Waals surface area (Å²) in [6, 6.07) is 11.8. The van der Waals surface area contributed by atoms with E-state index in [1.165, 1.54) is 13.2 Å². The maximum absolute atomic E-state index is 12.6. The van der Waals surface area contributed by atoms with E-state index in [1.54, 1.807) is 43.5 Å². The number of hydrogen-bond acceptors (Lipinski definition) is 5. The lowest BCUT2D eigenvalue weighted by Crippen LogP contribution is -2.02. The first-order chi connectivity index (χ1) is 12.5. The van der Waals surface area contributed by atoms with Gasteiger partial charge in [0, 0.05) is 5.56 Å². The molecule has 2 aromatic rings. The predicted molar refractivity (Wildman–Crippen MR) is 100 cm³/mol. The lowest BCUT2D eigenvalue weighted by Gasteiger charge is -2.12. The summed E-state index contributed by atoms with van der Waals surface area (Å²) in [6.07, 6.45) is 1.47. The second-order valence-electron chi connectivity index (χ2n) is 5.19. The Labute approximate surface area is 157 Å². The van der Waals surface area contributed by atoms with Crippen LogP contribution in [0, 0.1) is 11.3 Å². The number of carbonyl (C=O) groups is 1. The number of nitriles is 1. The molecule has 6 heteroatoms. The fourth-order valence-corrected chi connectivity index (χ4v) is 2.59. The molecule has 0 aliphatic carbocycles. The summed E-state index contributed by atoms with van der Waals surface area (Å²) in [6.45, 7) is 2.27. The number of halogens is 1. The first kappa shape index (κ1) is 19.4. The van der Waals surface area contributed by atoms with Crippen LogP contribution in [0.3, 0.4) is 0 Å². The third-order valence-electron chi connectivity index (χ3n) is 3.57. The number of nitrogens with zero attached hydrogens (tertiary/aromatic N) is 1. The molecule has 0 spiro atoms. The largest absolute Gasteiger partial charge is 0.497 e. The van der Waals surface area contributed by atoms with Crippen LogP contribution in [0.5, 0.6) is 17.2 Å². The Hall–Kier alpha value is -2.97. The third kappa shape index (κ3) is 4.35. The molecule has 5 nitrogen and oxygen atoms in total. The van der Waals surface area contributed by atoms with Gasteiger partial charge in [-0.15, -0.1) is 0 Å². The van der Waals surface area contributed by atoms with Crippen molar-refractivity contribution >= 4 is 23.5 Å². The van der Waals surface area contributed by atoms with Crippen LogP contribution < -0.4 is 14.2 Å². The van der Waals surface area contributed by atoms with Crippen molar-refractivity contribution in [1.29, 1.82) is 5.26 Å². The summed E-state index contributed by atoms with van der Waals surface area (Å²) in [4.78, 5) is 12.6. The molecular formula is C20H18ClNO4. The Bertz CT molecular complexity index is 867. The maximum Gasteiger partial charge on any atom is 0.203 e. The fraction of sp³-hybridized carbons (Fsp3) is 0.200. The van der Waals surface area contributed by atoms with Crippen molar-refractivity contribution in [3.05, 3.63) is 58.1 Å². The average molecular weight is 372 g/mol. The number of hydrogen-bond donors (Lipinski definition) is 0. The van der Waals surface area contributed by atoms with Crippen LogP contribution in [0.25, 0.3) is 6.08 Å². The fourth-order valence-electron chi connectivity index (χ4n) is 2.32. The van der Waals surface area contributed by atoms with Crippen molar-refractivity contribution in [3.63, 3.8) is 0 Å². The van der Waals surface area contributed by atoms with Crippen LogP contribution in [-0.4, -0.2) is 26.6 Å². The molecule has 0 heterocycles. The summed E-state index contributed by atoms with van der Waals surface area (Å²) in [5.41, 5.74) is 0.939. The SMILES string of the molecule is CCOc1c(Cl)cc(C=C(C#N)C(=O)c2ccc(OC)cc2)cc1OC. The van der Waals surface area contributed by atoms with Crippen LogP contribution in [0.2, 0.25) is 5.02 Å². The zero-order valence-corrected chi connectivity index (χ0v) is 15.5. The minimum Gasteiger partial charge on any atom is -0.497 e. The van der Waals surface area contributed by atoms with Gasteiger partial charge in [-0.3, -0.25) is 4.79 Å². The normalized spacial score (nSPS) is 10.8.